The van der Waals surface area contributed by atoms with E-state index in [1.54, 1.807) is 25.1 Å². The summed E-state index contributed by atoms with van der Waals surface area (Å²) in [7, 11) is 0. The van der Waals surface area contributed by atoms with Crippen LogP contribution in [0, 0.1) is 0 Å². The quantitative estimate of drug-likeness (QED) is 0.769. The molecule has 0 bridgehead atoms. The number of oxazole rings is 1. The molecular formula is C10H10ClNO3. The van der Waals surface area contributed by atoms with Gasteiger partial charge in [-0.15, -0.1) is 11.6 Å². The molecule has 1 heterocycles. The minimum absolute atomic E-state index is 0.395. The second kappa shape index (κ2) is 3.72. The molecule has 1 aromatic carbocycles. The van der Waals surface area contributed by atoms with E-state index in [-0.39, 0.29) is 0 Å². The molecule has 0 spiro atoms. The Kier molecular flexibility index (Phi) is 2.54. The molecule has 0 radical (unpaired) electrons. The van der Waals surface area contributed by atoms with Crippen LogP contribution in [0.1, 0.15) is 18.6 Å². The maximum Gasteiger partial charge on any atom is 0.417 e. The highest BCUT2D eigenvalue weighted by Gasteiger charge is 2.14. The van der Waals surface area contributed by atoms with Crippen LogP contribution in [0.2, 0.25) is 0 Å². The Hall–Kier alpha value is -1.26. The fourth-order valence-electron chi connectivity index (χ4n) is 1.41. The SMILES string of the molecule is CC(Cl)C(O)c1ccc2[nH]c(=O)oc2c1. The fraction of sp³-hybridized carbons (Fsp3) is 0.300. The molecule has 15 heavy (non-hydrogen) atoms. The Morgan fingerprint density at radius 1 is 1.53 bits per heavy atom. The summed E-state index contributed by atoms with van der Waals surface area (Å²) in [6.45, 7) is 1.70. The Morgan fingerprint density at radius 3 is 2.93 bits per heavy atom. The van der Waals surface area contributed by atoms with Gasteiger partial charge in [-0.05, 0) is 24.6 Å². The summed E-state index contributed by atoms with van der Waals surface area (Å²) in [6.07, 6.45) is -0.767. The Balaban J connectivity index is 2.50. The molecule has 0 fully saturated rings. The first-order valence-corrected chi connectivity index (χ1v) is 4.96. The molecule has 2 atom stereocenters. The fourth-order valence-corrected chi connectivity index (χ4v) is 1.56. The van der Waals surface area contributed by atoms with Gasteiger partial charge in [0.25, 0.3) is 0 Å². The summed E-state index contributed by atoms with van der Waals surface area (Å²) < 4.78 is 4.87. The van der Waals surface area contributed by atoms with E-state index in [0.717, 1.165) is 0 Å². The van der Waals surface area contributed by atoms with Crippen LogP contribution < -0.4 is 5.76 Å². The third-order valence-electron chi connectivity index (χ3n) is 2.22. The summed E-state index contributed by atoms with van der Waals surface area (Å²) in [5.41, 5.74) is 1.67. The van der Waals surface area contributed by atoms with Gasteiger partial charge in [0.1, 0.15) is 0 Å². The molecule has 2 aromatic rings. The number of aliphatic hydroxyl groups is 1. The van der Waals surface area contributed by atoms with Crippen LogP contribution in [0.25, 0.3) is 11.1 Å². The number of aromatic amines is 1. The van der Waals surface area contributed by atoms with Gasteiger partial charge in [0.15, 0.2) is 5.58 Å². The number of fused-ring (bicyclic) bond motifs is 1. The number of halogens is 1. The van der Waals surface area contributed by atoms with Crippen LogP contribution in [-0.2, 0) is 0 Å². The maximum atomic E-state index is 10.9. The van der Waals surface area contributed by atoms with Gasteiger partial charge in [-0.1, -0.05) is 6.07 Å². The molecule has 0 saturated carbocycles. The number of aromatic nitrogens is 1. The van der Waals surface area contributed by atoms with Crippen molar-refractivity contribution in [3.8, 4) is 0 Å². The first kappa shape index (κ1) is 10.3. The smallest absolute Gasteiger partial charge is 0.408 e. The van der Waals surface area contributed by atoms with E-state index in [2.05, 4.69) is 4.98 Å². The van der Waals surface area contributed by atoms with Crippen molar-refractivity contribution in [1.82, 2.24) is 4.98 Å². The molecule has 2 rings (SSSR count). The number of benzene rings is 1. The summed E-state index contributed by atoms with van der Waals surface area (Å²) in [6, 6.07) is 4.99. The molecule has 1 aromatic heterocycles. The van der Waals surface area contributed by atoms with Crippen molar-refractivity contribution < 1.29 is 9.52 Å². The van der Waals surface area contributed by atoms with Crippen molar-refractivity contribution in [3.63, 3.8) is 0 Å². The minimum Gasteiger partial charge on any atom is -0.408 e. The largest absolute Gasteiger partial charge is 0.417 e. The molecule has 80 valence electrons. The number of alkyl halides is 1. The minimum atomic E-state index is -0.767. The number of aliphatic hydroxyl groups excluding tert-OH is 1. The van der Waals surface area contributed by atoms with Crippen molar-refractivity contribution >= 4 is 22.7 Å². The van der Waals surface area contributed by atoms with Crippen molar-refractivity contribution in [2.24, 2.45) is 0 Å². The lowest BCUT2D eigenvalue weighted by molar-refractivity contribution is 0.177. The predicted molar refractivity (Wildman–Crippen MR) is 57.1 cm³/mol. The number of H-pyrrole nitrogens is 1. The lowest BCUT2D eigenvalue weighted by atomic mass is 10.1. The highest BCUT2D eigenvalue weighted by atomic mass is 35.5. The normalized spacial score (nSPS) is 15.4. The number of nitrogens with one attached hydrogen (secondary N) is 1. The molecule has 2 N–H and O–H groups in total. The highest BCUT2D eigenvalue weighted by molar-refractivity contribution is 6.20. The zero-order valence-electron chi connectivity index (χ0n) is 8.03. The van der Waals surface area contributed by atoms with Gasteiger partial charge < -0.3 is 9.52 Å². The third kappa shape index (κ3) is 1.91. The summed E-state index contributed by atoms with van der Waals surface area (Å²) in [5, 5.41) is 9.31. The lowest BCUT2D eigenvalue weighted by Gasteiger charge is -2.12. The van der Waals surface area contributed by atoms with Crippen molar-refractivity contribution in [1.29, 1.82) is 0 Å². The van der Waals surface area contributed by atoms with Crippen LogP contribution >= 0.6 is 11.6 Å². The third-order valence-corrected chi connectivity index (χ3v) is 2.46. The van der Waals surface area contributed by atoms with Gasteiger partial charge in [-0.3, -0.25) is 4.98 Å². The molecule has 4 nitrogen and oxygen atoms in total. The van der Waals surface area contributed by atoms with Gasteiger partial charge in [0.2, 0.25) is 0 Å². The summed E-state index contributed by atoms with van der Waals surface area (Å²) in [4.78, 5) is 13.4. The monoisotopic (exact) mass is 227 g/mol. The Morgan fingerprint density at radius 2 is 2.27 bits per heavy atom. The zero-order valence-corrected chi connectivity index (χ0v) is 8.78. The van der Waals surface area contributed by atoms with E-state index in [9.17, 15) is 9.90 Å². The summed E-state index contributed by atoms with van der Waals surface area (Å²) >= 11 is 5.77. The standard InChI is InChI=1S/C10H10ClNO3/c1-5(11)9(13)6-2-3-7-8(4-6)15-10(14)12-7/h2-5,9,13H,1H3,(H,12,14). The van der Waals surface area contributed by atoms with Crippen LogP contribution in [0.3, 0.4) is 0 Å². The average Bonchev–Trinajstić information content (AvgIpc) is 2.55. The van der Waals surface area contributed by atoms with Crippen LogP contribution in [-0.4, -0.2) is 15.5 Å². The van der Waals surface area contributed by atoms with E-state index in [1.165, 1.54) is 0 Å². The first-order chi connectivity index (χ1) is 7.08. The van der Waals surface area contributed by atoms with Gasteiger partial charge in [-0.2, -0.15) is 0 Å². The number of rotatable bonds is 2. The van der Waals surface area contributed by atoms with Crippen LogP contribution in [0.15, 0.2) is 27.4 Å². The van der Waals surface area contributed by atoms with Gasteiger partial charge in [0, 0.05) is 0 Å². The van der Waals surface area contributed by atoms with Crippen molar-refractivity contribution in [3.05, 3.63) is 34.3 Å². The number of hydrogen-bond donors (Lipinski definition) is 2. The van der Waals surface area contributed by atoms with E-state index in [0.29, 0.717) is 16.7 Å². The van der Waals surface area contributed by atoms with E-state index in [4.69, 9.17) is 16.0 Å². The van der Waals surface area contributed by atoms with Crippen molar-refractivity contribution in [2.45, 2.75) is 18.4 Å². The van der Waals surface area contributed by atoms with Gasteiger partial charge in [0.05, 0.1) is 17.0 Å². The molecule has 0 aliphatic carbocycles. The van der Waals surface area contributed by atoms with E-state index >= 15 is 0 Å². The molecule has 0 aliphatic heterocycles. The predicted octanol–water partition coefficient (Wildman–Crippen LogP) is 1.78. The van der Waals surface area contributed by atoms with Crippen LogP contribution in [0.5, 0.6) is 0 Å². The Labute approximate surface area is 90.5 Å². The average molecular weight is 228 g/mol. The second-order valence-electron chi connectivity index (χ2n) is 3.39. The zero-order chi connectivity index (χ0) is 11.0. The van der Waals surface area contributed by atoms with Gasteiger partial charge in [-0.25, -0.2) is 4.79 Å². The summed E-state index contributed by atoms with van der Waals surface area (Å²) in [5.74, 6) is -0.504. The molecule has 0 aliphatic rings. The molecule has 0 saturated heterocycles. The van der Waals surface area contributed by atoms with E-state index < -0.39 is 17.2 Å². The lowest BCUT2D eigenvalue weighted by Crippen LogP contribution is -2.07. The molecule has 2 unspecified atom stereocenters. The molecular weight excluding hydrogens is 218 g/mol. The van der Waals surface area contributed by atoms with Crippen LogP contribution in [0.4, 0.5) is 0 Å². The second-order valence-corrected chi connectivity index (χ2v) is 4.08. The van der Waals surface area contributed by atoms with E-state index in [1.807, 2.05) is 0 Å². The highest BCUT2D eigenvalue weighted by Crippen LogP contribution is 2.23. The molecule has 0 amide bonds. The topological polar surface area (TPSA) is 66.2 Å². The number of hydrogen-bond acceptors (Lipinski definition) is 3. The van der Waals surface area contributed by atoms with Crippen molar-refractivity contribution in [2.75, 3.05) is 0 Å². The first-order valence-electron chi connectivity index (χ1n) is 4.53. The maximum absolute atomic E-state index is 10.9. The Bertz CT molecular complexity index is 529. The molecule has 5 heteroatoms. The van der Waals surface area contributed by atoms with Gasteiger partial charge >= 0.3 is 5.76 Å².